The van der Waals surface area contributed by atoms with E-state index in [1.165, 1.54) is 0 Å². The fourth-order valence-corrected chi connectivity index (χ4v) is 1.53. The van der Waals surface area contributed by atoms with Gasteiger partial charge in [0.1, 0.15) is 0 Å². The highest BCUT2D eigenvalue weighted by Gasteiger charge is 2.30. The number of hydrogen-bond donors (Lipinski definition) is 2. The zero-order valence-corrected chi connectivity index (χ0v) is 10.8. The van der Waals surface area contributed by atoms with Crippen molar-refractivity contribution in [2.45, 2.75) is 25.2 Å². The topological polar surface area (TPSA) is 66.4 Å². The van der Waals surface area contributed by atoms with Crippen LogP contribution in [0, 0.1) is 0 Å². The maximum absolute atomic E-state index is 13.7. The Bertz CT molecular complexity index is 499. The zero-order chi connectivity index (χ0) is 16.0. The summed E-state index contributed by atoms with van der Waals surface area (Å²) in [7, 11) is 0. The molecule has 0 saturated heterocycles. The van der Waals surface area contributed by atoms with Crippen molar-refractivity contribution in [2.75, 3.05) is 6.54 Å². The highest BCUT2D eigenvalue weighted by Crippen LogP contribution is 2.30. The molecule has 0 spiro atoms. The number of carboxylic acid groups (broad SMARTS) is 1. The second-order valence-corrected chi connectivity index (χ2v) is 4.27. The van der Waals surface area contributed by atoms with Gasteiger partial charge in [-0.25, -0.2) is 4.39 Å². The van der Waals surface area contributed by atoms with E-state index in [2.05, 4.69) is 5.32 Å². The Morgan fingerprint density at radius 3 is 2.24 bits per heavy atom. The first-order valence-electron chi connectivity index (χ1n) is 6.02. The molecule has 2 N–H and O–H groups in total. The van der Waals surface area contributed by atoms with E-state index in [4.69, 9.17) is 5.11 Å². The molecule has 0 aromatic heterocycles. The van der Waals surface area contributed by atoms with Crippen LogP contribution < -0.4 is 5.32 Å². The summed E-state index contributed by atoms with van der Waals surface area (Å²) in [6, 6.07) is 3.17. The first-order chi connectivity index (χ1) is 9.71. The van der Waals surface area contributed by atoms with Crippen LogP contribution in [0.4, 0.5) is 17.6 Å². The van der Waals surface area contributed by atoms with Gasteiger partial charge in [-0.3, -0.25) is 9.59 Å². The van der Waals surface area contributed by atoms with Crippen LogP contribution in [0.15, 0.2) is 24.3 Å². The lowest BCUT2D eigenvalue weighted by Crippen LogP contribution is -2.28. The average molecular weight is 307 g/mol. The summed E-state index contributed by atoms with van der Waals surface area (Å²) >= 11 is 0. The van der Waals surface area contributed by atoms with E-state index in [1.807, 2.05) is 0 Å². The van der Waals surface area contributed by atoms with Gasteiger partial charge in [-0.1, -0.05) is 12.1 Å². The molecule has 0 heterocycles. The molecule has 8 heteroatoms. The number of halogens is 4. The van der Waals surface area contributed by atoms with Gasteiger partial charge in [0.2, 0.25) is 6.17 Å². The van der Waals surface area contributed by atoms with Crippen molar-refractivity contribution in [3.05, 3.63) is 35.4 Å². The largest absolute Gasteiger partial charge is 0.481 e. The number of rotatable bonds is 6. The lowest BCUT2D eigenvalue weighted by Gasteiger charge is -2.11. The second-order valence-electron chi connectivity index (χ2n) is 4.27. The maximum Gasteiger partial charge on any atom is 0.416 e. The summed E-state index contributed by atoms with van der Waals surface area (Å²) in [6.45, 7) is -0.0216. The number of carboxylic acids is 1. The van der Waals surface area contributed by atoms with E-state index < -0.39 is 29.8 Å². The molecule has 0 aliphatic rings. The summed E-state index contributed by atoms with van der Waals surface area (Å²) in [6.07, 6.45) is -6.65. The van der Waals surface area contributed by atoms with Gasteiger partial charge in [-0.15, -0.1) is 0 Å². The molecule has 0 bridgehead atoms. The molecule has 1 aromatic carbocycles. The van der Waals surface area contributed by atoms with Crippen LogP contribution in [0.1, 0.15) is 30.1 Å². The Hall–Kier alpha value is -2.12. The van der Waals surface area contributed by atoms with Crippen LogP contribution in [0.25, 0.3) is 0 Å². The molecule has 1 unspecified atom stereocenters. The molecule has 21 heavy (non-hydrogen) atoms. The third kappa shape index (κ3) is 5.41. The van der Waals surface area contributed by atoms with Crippen molar-refractivity contribution in [3.63, 3.8) is 0 Å². The number of aliphatic carboxylic acids is 1. The Morgan fingerprint density at radius 1 is 1.19 bits per heavy atom. The summed E-state index contributed by atoms with van der Waals surface area (Å²) in [4.78, 5) is 21.6. The number of benzene rings is 1. The molecule has 0 fully saturated rings. The maximum atomic E-state index is 13.7. The molecule has 0 aliphatic carbocycles. The first kappa shape index (κ1) is 16.9. The van der Waals surface area contributed by atoms with Gasteiger partial charge < -0.3 is 10.4 Å². The van der Waals surface area contributed by atoms with Gasteiger partial charge in [-0.2, -0.15) is 13.2 Å². The normalized spacial score (nSPS) is 12.8. The van der Waals surface area contributed by atoms with Gasteiger partial charge in [0.05, 0.1) is 5.56 Å². The van der Waals surface area contributed by atoms with Crippen molar-refractivity contribution in [2.24, 2.45) is 0 Å². The Balaban J connectivity index is 2.56. The number of carbonyl (C=O) groups excluding carboxylic acids is 1. The van der Waals surface area contributed by atoms with Crippen LogP contribution in [0.5, 0.6) is 0 Å². The fraction of sp³-hybridized carbons (Fsp3) is 0.385. The van der Waals surface area contributed by atoms with Crippen molar-refractivity contribution in [1.82, 2.24) is 5.32 Å². The van der Waals surface area contributed by atoms with Gasteiger partial charge in [-0.05, 0) is 24.1 Å². The number of carbonyl (C=O) groups is 2. The van der Waals surface area contributed by atoms with E-state index in [0.717, 1.165) is 12.1 Å². The van der Waals surface area contributed by atoms with Crippen LogP contribution in [-0.2, 0) is 15.8 Å². The van der Waals surface area contributed by atoms with Crippen molar-refractivity contribution >= 4 is 11.9 Å². The number of nitrogens with one attached hydrogen (secondary N) is 1. The zero-order valence-electron chi connectivity index (χ0n) is 10.8. The minimum absolute atomic E-state index is 0.0216. The molecule has 1 rings (SSSR count). The van der Waals surface area contributed by atoms with E-state index in [-0.39, 0.29) is 24.9 Å². The van der Waals surface area contributed by atoms with E-state index in [9.17, 15) is 27.2 Å². The molecular weight excluding hydrogens is 294 g/mol. The van der Waals surface area contributed by atoms with Crippen LogP contribution in [-0.4, -0.2) is 23.5 Å². The molecule has 0 saturated carbocycles. The smallest absolute Gasteiger partial charge is 0.416 e. The predicted molar refractivity (Wildman–Crippen MR) is 65.2 cm³/mol. The minimum Gasteiger partial charge on any atom is -0.481 e. The highest BCUT2D eigenvalue weighted by molar-refractivity contribution is 5.82. The third-order valence-corrected chi connectivity index (χ3v) is 2.63. The molecule has 0 aliphatic heterocycles. The summed E-state index contributed by atoms with van der Waals surface area (Å²) in [5.41, 5.74) is -1.13. The van der Waals surface area contributed by atoms with Gasteiger partial charge >= 0.3 is 12.1 Å². The van der Waals surface area contributed by atoms with E-state index >= 15 is 0 Å². The summed E-state index contributed by atoms with van der Waals surface area (Å²) in [5.74, 6) is -2.05. The van der Waals surface area contributed by atoms with E-state index in [1.54, 1.807) is 0 Å². The van der Waals surface area contributed by atoms with Crippen LogP contribution >= 0.6 is 0 Å². The number of alkyl halides is 4. The predicted octanol–water partition coefficient (Wildman–Crippen LogP) is 2.70. The third-order valence-electron chi connectivity index (χ3n) is 2.63. The SMILES string of the molecule is O=C(O)CCCNC(=O)C(F)c1ccc(C(F)(F)F)cc1. The fourth-order valence-electron chi connectivity index (χ4n) is 1.53. The molecule has 4 nitrogen and oxygen atoms in total. The lowest BCUT2D eigenvalue weighted by molar-refractivity contribution is -0.138. The molecule has 1 aromatic rings. The summed E-state index contributed by atoms with van der Waals surface area (Å²) in [5, 5.41) is 10.6. The molecule has 0 radical (unpaired) electrons. The highest BCUT2D eigenvalue weighted by atomic mass is 19.4. The van der Waals surface area contributed by atoms with Crippen molar-refractivity contribution in [1.29, 1.82) is 0 Å². The standard InChI is InChI=1S/C13H13F4NO3/c14-11(12(21)18-7-1-2-10(19)20)8-3-5-9(6-4-8)13(15,16)17/h3-6,11H,1-2,7H2,(H,18,21)(H,19,20). The first-order valence-corrected chi connectivity index (χ1v) is 6.02. The van der Waals surface area contributed by atoms with Crippen molar-refractivity contribution in [3.8, 4) is 0 Å². The molecular formula is C13H13F4NO3. The van der Waals surface area contributed by atoms with Crippen LogP contribution in [0.3, 0.4) is 0 Å². The molecule has 1 amide bonds. The number of hydrogen-bond acceptors (Lipinski definition) is 2. The van der Waals surface area contributed by atoms with Crippen molar-refractivity contribution < 1.29 is 32.3 Å². The van der Waals surface area contributed by atoms with Gasteiger partial charge in [0, 0.05) is 13.0 Å². The summed E-state index contributed by atoms with van der Waals surface area (Å²) < 4.78 is 50.7. The minimum atomic E-state index is -4.52. The van der Waals surface area contributed by atoms with E-state index in [0.29, 0.717) is 12.1 Å². The lowest BCUT2D eigenvalue weighted by atomic mass is 10.1. The quantitative estimate of drug-likeness (QED) is 0.627. The van der Waals surface area contributed by atoms with Gasteiger partial charge in [0.25, 0.3) is 5.91 Å². The molecule has 1 atom stereocenters. The monoisotopic (exact) mass is 307 g/mol. The Labute approximate surface area is 117 Å². The van der Waals surface area contributed by atoms with Gasteiger partial charge in [0.15, 0.2) is 0 Å². The average Bonchev–Trinajstić information content (AvgIpc) is 2.41. The van der Waals surface area contributed by atoms with Crippen LogP contribution in [0.2, 0.25) is 0 Å². The molecule has 116 valence electrons. The second kappa shape index (κ2) is 7.05. The Morgan fingerprint density at radius 2 is 1.76 bits per heavy atom. The number of amides is 1. The Kier molecular flexibility index (Phi) is 5.69.